The summed E-state index contributed by atoms with van der Waals surface area (Å²) in [6.07, 6.45) is 1.92. The van der Waals surface area contributed by atoms with Gasteiger partial charge in [0, 0.05) is 19.1 Å². The Hall–Kier alpha value is -2.38. The number of hydrogen-bond donors (Lipinski definition) is 1. The van der Waals surface area contributed by atoms with Gasteiger partial charge < -0.3 is 9.64 Å². The molecule has 0 bridgehead atoms. The molecular formula is C23H30N2O4S. The average Bonchev–Trinajstić information content (AvgIpc) is 3.24. The lowest BCUT2D eigenvalue weighted by molar-refractivity contribution is 0.0789. The largest absolute Gasteiger partial charge is 0.496 e. The molecule has 2 aromatic carbocycles. The summed E-state index contributed by atoms with van der Waals surface area (Å²) >= 11 is 0. The van der Waals surface area contributed by atoms with Crippen LogP contribution in [0.4, 0.5) is 0 Å². The van der Waals surface area contributed by atoms with Crippen LogP contribution in [0.15, 0.2) is 35.2 Å². The number of likely N-dealkylation sites (tertiary alicyclic amines) is 1. The Morgan fingerprint density at radius 2 is 1.67 bits per heavy atom. The molecule has 1 N–H and O–H groups in total. The first-order valence-electron chi connectivity index (χ1n) is 10.2. The fourth-order valence-corrected chi connectivity index (χ4v) is 5.17. The van der Waals surface area contributed by atoms with Crippen LogP contribution < -0.4 is 9.46 Å². The molecule has 3 rings (SSSR count). The molecular weight excluding hydrogens is 400 g/mol. The molecule has 1 heterocycles. The molecule has 1 aliphatic heterocycles. The van der Waals surface area contributed by atoms with Crippen LogP contribution in [0, 0.1) is 20.8 Å². The SMILES string of the molecule is COc1ccc(S(=O)(=O)N[C@H](C)c2cc(C)c(C)cc2C)cc1C(=O)N1CCCC1. The van der Waals surface area contributed by atoms with Crippen LogP contribution in [0.25, 0.3) is 0 Å². The van der Waals surface area contributed by atoms with Crippen molar-refractivity contribution >= 4 is 15.9 Å². The second-order valence-corrected chi connectivity index (χ2v) is 9.71. The van der Waals surface area contributed by atoms with E-state index in [0.717, 1.165) is 29.5 Å². The third kappa shape index (κ3) is 4.52. The van der Waals surface area contributed by atoms with E-state index < -0.39 is 16.1 Å². The molecule has 0 spiro atoms. The lowest BCUT2D eigenvalue weighted by Crippen LogP contribution is -2.30. The molecule has 0 aromatic heterocycles. The molecule has 2 aromatic rings. The van der Waals surface area contributed by atoms with Gasteiger partial charge >= 0.3 is 0 Å². The standard InChI is InChI=1S/C23H30N2O4S/c1-15-12-17(3)20(13-16(15)2)18(4)24-30(27,28)19-8-9-22(29-5)21(14-19)23(26)25-10-6-7-11-25/h8-9,12-14,18,24H,6-7,10-11H2,1-5H3/t18-/m1/s1. The Balaban J connectivity index is 1.91. The number of sulfonamides is 1. The van der Waals surface area contributed by atoms with Crippen LogP contribution in [0.1, 0.15) is 58.4 Å². The van der Waals surface area contributed by atoms with E-state index in [9.17, 15) is 13.2 Å². The number of carbonyl (C=O) groups is 1. The number of ether oxygens (including phenoxy) is 1. The quantitative estimate of drug-likeness (QED) is 0.754. The summed E-state index contributed by atoms with van der Waals surface area (Å²) in [5, 5.41) is 0. The van der Waals surface area contributed by atoms with E-state index in [2.05, 4.69) is 10.8 Å². The normalized spacial score (nSPS) is 15.3. The van der Waals surface area contributed by atoms with Gasteiger partial charge in [-0.15, -0.1) is 0 Å². The van der Waals surface area contributed by atoms with Gasteiger partial charge in [-0.2, -0.15) is 0 Å². The van der Waals surface area contributed by atoms with Crippen LogP contribution in [0.2, 0.25) is 0 Å². The lowest BCUT2D eigenvalue weighted by atomic mass is 9.97. The van der Waals surface area contributed by atoms with Gasteiger partial charge in [-0.1, -0.05) is 12.1 Å². The van der Waals surface area contributed by atoms with Crippen molar-refractivity contribution in [3.8, 4) is 5.75 Å². The molecule has 7 heteroatoms. The second-order valence-electron chi connectivity index (χ2n) is 8.00. The maximum atomic E-state index is 13.1. The van der Waals surface area contributed by atoms with Crippen molar-refractivity contribution < 1.29 is 17.9 Å². The number of hydrogen-bond acceptors (Lipinski definition) is 4. The van der Waals surface area contributed by atoms with E-state index in [1.54, 1.807) is 11.0 Å². The Kier molecular flexibility index (Phi) is 6.53. The molecule has 1 atom stereocenters. The number of aryl methyl sites for hydroxylation is 3. The van der Waals surface area contributed by atoms with E-state index in [1.807, 2.05) is 33.8 Å². The van der Waals surface area contributed by atoms with Gasteiger partial charge in [-0.3, -0.25) is 4.79 Å². The van der Waals surface area contributed by atoms with Gasteiger partial charge in [-0.25, -0.2) is 13.1 Å². The smallest absolute Gasteiger partial charge is 0.257 e. The van der Waals surface area contributed by atoms with E-state index in [0.29, 0.717) is 18.8 Å². The predicted octanol–water partition coefficient (Wildman–Crippen LogP) is 3.90. The molecule has 6 nitrogen and oxygen atoms in total. The number of methoxy groups -OCH3 is 1. The number of nitrogens with one attached hydrogen (secondary N) is 1. The highest BCUT2D eigenvalue weighted by Gasteiger charge is 2.26. The summed E-state index contributed by atoms with van der Waals surface area (Å²) in [5.74, 6) is 0.184. The zero-order valence-electron chi connectivity index (χ0n) is 18.3. The van der Waals surface area contributed by atoms with Gasteiger partial charge in [0.2, 0.25) is 10.0 Å². The Bertz CT molecular complexity index is 1060. The topological polar surface area (TPSA) is 75.7 Å². The van der Waals surface area contributed by atoms with Gasteiger partial charge in [0.05, 0.1) is 17.6 Å². The first kappa shape index (κ1) is 22.3. The average molecular weight is 431 g/mol. The first-order valence-corrected chi connectivity index (χ1v) is 11.7. The monoisotopic (exact) mass is 430 g/mol. The number of benzene rings is 2. The molecule has 162 valence electrons. The zero-order valence-corrected chi connectivity index (χ0v) is 19.1. The van der Waals surface area contributed by atoms with Crippen LogP contribution in [-0.2, 0) is 10.0 Å². The molecule has 0 unspecified atom stereocenters. The molecule has 0 radical (unpaired) electrons. The van der Waals surface area contributed by atoms with Crippen LogP contribution in [0.5, 0.6) is 5.75 Å². The van der Waals surface area contributed by atoms with E-state index in [4.69, 9.17) is 4.74 Å². The number of nitrogens with zero attached hydrogens (tertiary/aromatic N) is 1. The van der Waals surface area contributed by atoms with Gasteiger partial charge in [-0.05, 0) is 81.0 Å². The first-order chi connectivity index (χ1) is 14.1. The Morgan fingerprint density at radius 3 is 2.30 bits per heavy atom. The minimum Gasteiger partial charge on any atom is -0.496 e. The lowest BCUT2D eigenvalue weighted by Gasteiger charge is -2.20. The summed E-state index contributed by atoms with van der Waals surface area (Å²) < 4.78 is 34.3. The molecule has 0 saturated carbocycles. The summed E-state index contributed by atoms with van der Waals surface area (Å²) in [6, 6.07) is 8.12. The van der Waals surface area contributed by atoms with E-state index >= 15 is 0 Å². The number of amides is 1. The van der Waals surface area contributed by atoms with Crippen LogP contribution >= 0.6 is 0 Å². The van der Waals surface area contributed by atoms with Crippen molar-refractivity contribution in [2.24, 2.45) is 0 Å². The maximum absolute atomic E-state index is 13.1. The van der Waals surface area contributed by atoms with E-state index in [-0.39, 0.29) is 16.4 Å². The Morgan fingerprint density at radius 1 is 1.03 bits per heavy atom. The molecule has 1 aliphatic rings. The molecule has 1 fully saturated rings. The molecule has 30 heavy (non-hydrogen) atoms. The van der Waals surface area contributed by atoms with Gasteiger partial charge in [0.15, 0.2) is 0 Å². The molecule has 1 amide bonds. The van der Waals surface area contributed by atoms with Crippen molar-refractivity contribution in [2.75, 3.05) is 20.2 Å². The highest BCUT2D eigenvalue weighted by molar-refractivity contribution is 7.89. The fourth-order valence-electron chi connectivity index (χ4n) is 3.93. The minimum atomic E-state index is -3.83. The van der Waals surface area contributed by atoms with Crippen LogP contribution in [0.3, 0.4) is 0 Å². The number of carbonyl (C=O) groups excluding carboxylic acids is 1. The third-order valence-electron chi connectivity index (χ3n) is 5.79. The van der Waals surface area contributed by atoms with Crippen molar-refractivity contribution in [1.29, 1.82) is 0 Å². The maximum Gasteiger partial charge on any atom is 0.257 e. The van der Waals surface area contributed by atoms with Crippen molar-refractivity contribution in [3.05, 3.63) is 58.1 Å². The molecule has 1 saturated heterocycles. The van der Waals surface area contributed by atoms with Crippen LogP contribution in [-0.4, -0.2) is 39.4 Å². The predicted molar refractivity (Wildman–Crippen MR) is 118 cm³/mol. The van der Waals surface area contributed by atoms with Gasteiger partial charge in [0.25, 0.3) is 5.91 Å². The van der Waals surface area contributed by atoms with Crippen molar-refractivity contribution in [1.82, 2.24) is 9.62 Å². The summed E-state index contributed by atoms with van der Waals surface area (Å²) in [4.78, 5) is 14.7. The third-order valence-corrected chi connectivity index (χ3v) is 7.32. The second kappa shape index (κ2) is 8.78. The summed E-state index contributed by atoms with van der Waals surface area (Å²) in [5.41, 5.74) is 4.53. The van der Waals surface area contributed by atoms with E-state index in [1.165, 1.54) is 24.8 Å². The highest BCUT2D eigenvalue weighted by Crippen LogP contribution is 2.27. The summed E-state index contributed by atoms with van der Waals surface area (Å²) in [7, 11) is -2.35. The van der Waals surface area contributed by atoms with Crippen molar-refractivity contribution in [2.45, 2.75) is 51.5 Å². The minimum absolute atomic E-state index is 0.0548. The highest BCUT2D eigenvalue weighted by atomic mass is 32.2. The Labute approximate surface area is 179 Å². The number of rotatable bonds is 6. The fraction of sp³-hybridized carbons (Fsp3) is 0.435. The van der Waals surface area contributed by atoms with Crippen molar-refractivity contribution in [3.63, 3.8) is 0 Å². The van der Waals surface area contributed by atoms with Gasteiger partial charge in [0.1, 0.15) is 5.75 Å². The summed E-state index contributed by atoms with van der Waals surface area (Å²) in [6.45, 7) is 9.22. The zero-order chi connectivity index (χ0) is 22.1. The molecule has 0 aliphatic carbocycles.